The number of amides is 1. The number of H-pyrrole nitrogens is 1. The Morgan fingerprint density at radius 2 is 1.88 bits per heavy atom. The van der Waals surface area contributed by atoms with Crippen molar-refractivity contribution in [1.29, 1.82) is 0 Å². The molecule has 1 fully saturated rings. The Morgan fingerprint density at radius 3 is 2.61 bits per heavy atom. The van der Waals surface area contributed by atoms with Gasteiger partial charge in [0.15, 0.2) is 0 Å². The molecule has 33 heavy (non-hydrogen) atoms. The van der Waals surface area contributed by atoms with E-state index in [9.17, 15) is 13.2 Å². The zero-order valence-corrected chi connectivity index (χ0v) is 20.4. The molecule has 176 valence electrons. The van der Waals surface area contributed by atoms with Gasteiger partial charge in [0.05, 0.1) is 22.0 Å². The van der Waals surface area contributed by atoms with E-state index in [0.29, 0.717) is 30.9 Å². The summed E-state index contributed by atoms with van der Waals surface area (Å²) in [5.41, 5.74) is 2.10. The van der Waals surface area contributed by atoms with E-state index in [4.69, 9.17) is 0 Å². The molecule has 2 N–H and O–H groups in total. The molecule has 9 heteroatoms. The summed E-state index contributed by atoms with van der Waals surface area (Å²) in [6.45, 7) is 1.06. The normalized spacial score (nSPS) is 16.4. The van der Waals surface area contributed by atoms with Gasteiger partial charge in [-0.1, -0.05) is 31.0 Å². The van der Waals surface area contributed by atoms with Gasteiger partial charge in [0, 0.05) is 18.7 Å². The number of sulfonamides is 1. The van der Waals surface area contributed by atoms with Gasteiger partial charge in [0.25, 0.3) is 5.91 Å². The zero-order chi connectivity index (χ0) is 23.3. The lowest BCUT2D eigenvalue weighted by Gasteiger charge is -2.20. The highest BCUT2D eigenvalue weighted by molar-refractivity contribution is 7.98. The molecule has 1 aliphatic heterocycles. The zero-order valence-electron chi connectivity index (χ0n) is 18.8. The lowest BCUT2D eigenvalue weighted by Crippen LogP contribution is -2.32. The number of nitrogens with one attached hydrogen (secondary N) is 2. The second kappa shape index (κ2) is 10.7. The predicted molar refractivity (Wildman–Crippen MR) is 133 cm³/mol. The number of nitrogens with zero attached hydrogens (tertiary/aromatic N) is 2. The summed E-state index contributed by atoms with van der Waals surface area (Å²) in [6, 6.07) is 13.8. The van der Waals surface area contributed by atoms with Gasteiger partial charge in [-0.15, -0.1) is 0 Å². The summed E-state index contributed by atoms with van der Waals surface area (Å²) in [6.07, 6.45) is 6.57. The van der Waals surface area contributed by atoms with Crippen LogP contribution in [0.4, 0.5) is 0 Å². The number of para-hydroxylation sites is 2. The fourth-order valence-electron chi connectivity index (χ4n) is 4.12. The molecule has 0 unspecified atom stereocenters. The van der Waals surface area contributed by atoms with Crippen LogP contribution in [-0.2, 0) is 10.0 Å². The first-order chi connectivity index (χ1) is 16.0. The molecule has 2 heterocycles. The average Bonchev–Trinajstić information content (AvgIpc) is 3.06. The van der Waals surface area contributed by atoms with Crippen LogP contribution in [0.15, 0.2) is 53.4 Å². The molecular formula is C24H30N4O3S2. The summed E-state index contributed by atoms with van der Waals surface area (Å²) >= 11 is 1.70. The van der Waals surface area contributed by atoms with E-state index in [1.165, 1.54) is 6.07 Å². The second-order valence-corrected chi connectivity index (χ2v) is 11.2. The number of aromatic amines is 1. The molecule has 0 spiro atoms. The molecule has 0 aliphatic carbocycles. The number of imidazole rings is 1. The van der Waals surface area contributed by atoms with E-state index in [2.05, 4.69) is 15.3 Å². The molecule has 3 aromatic rings. The number of carbonyl (C=O) groups excluding carboxylic acids is 1. The summed E-state index contributed by atoms with van der Waals surface area (Å²) in [4.78, 5) is 21.3. The van der Waals surface area contributed by atoms with E-state index in [0.717, 1.165) is 42.5 Å². The maximum Gasteiger partial charge on any atom is 0.251 e. The molecule has 4 rings (SSSR count). The van der Waals surface area contributed by atoms with Crippen LogP contribution in [0.3, 0.4) is 0 Å². The van der Waals surface area contributed by atoms with Crippen molar-refractivity contribution in [2.24, 2.45) is 0 Å². The van der Waals surface area contributed by atoms with E-state index in [1.54, 1.807) is 34.3 Å². The molecule has 7 nitrogen and oxygen atoms in total. The smallest absolute Gasteiger partial charge is 0.251 e. The number of benzene rings is 2. The first-order valence-electron chi connectivity index (χ1n) is 11.3. The number of rotatable bonds is 8. The van der Waals surface area contributed by atoms with Crippen LogP contribution >= 0.6 is 11.8 Å². The van der Waals surface area contributed by atoms with Crippen LogP contribution in [0, 0.1) is 0 Å². The Bertz CT molecular complexity index is 1170. The van der Waals surface area contributed by atoms with E-state index < -0.39 is 10.0 Å². The van der Waals surface area contributed by atoms with Crippen molar-refractivity contribution in [2.45, 2.75) is 43.0 Å². The Hall–Kier alpha value is -2.36. The maximum atomic E-state index is 13.2. The van der Waals surface area contributed by atoms with Crippen molar-refractivity contribution in [3.05, 3.63) is 59.9 Å². The minimum Gasteiger partial charge on any atom is -0.342 e. The third-order valence-electron chi connectivity index (χ3n) is 5.95. The first kappa shape index (κ1) is 23.8. The number of aromatic nitrogens is 2. The van der Waals surface area contributed by atoms with Gasteiger partial charge in [0.1, 0.15) is 5.82 Å². The monoisotopic (exact) mass is 486 g/mol. The highest BCUT2D eigenvalue weighted by atomic mass is 32.2. The Kier molecular flexibility index (Phi) is 7.72. The van der Waals surface area contributed by atoms with Crippen LogP contribution in [0.1, 0.15) is 54.3 Å². The SMILES string of the molecule is CSCC[C@H](NC(=O)c1cccc(S(=O)(=O)N2CCCCCC2)c1)c1nc2ccccc2[nH]1. The highest BCUT2D eigenvalue weighted by Crippen LogP contribution is 2.23. The third-order valence-corrected chi connectivity index (χ3v) is 8.49. The van der Waals surface area contributed by atoms with Gasteiger partial charge in [-0.2, -0.15) is 16.1 Å². The molecule has 1 aromatic heterocycles. The van der Waals surface area contributed by atoms with Gasteiger partial charge < -0.3 is 10.3 Å². The number of thioether (sulfide) groups is 1. The molecule has 0 radical (unpaired) electrons. The van der Waals surface area contributed by atoms with Crippen molar-refractivity contribution < 1.29 is 13.2 Å². The van der Waals surface area contributed by atoms with Crippen LogP contribution in [-0.4, -0.2) is 53.7 Å². The standard InChI is InChI=1S/C24H30N4O3S2/c1-32-16-13-22(23-25-20-11-4-5-12-21(20)26-23)27-24(29)18-9-8-10-19(17-18)33(30,31)28-14-6-2-3-7-15-28/h4-5,8-12,17,22H,2-3,6-7,13-16H2,1H3,(H,25,26)(H,27,29)/t22-/m0/s1. The van der Waals surface area contributed by atoms with Gasteiger partial charge in [-0.25, -0.2) is 13.4 Å². The van der Waals surface area contributed by atoms with Gasteiger partial charge >= 0.3 is 0 Å². The molecule has 0 saturated carbocycles. The first-order valence-corrected chi connectivity index (χ1v) is 14.2. The van der Waals surface area contributed by atoms with Crippen molar-refractivity contribution in [3.63, 3.8) is 0 Å². The van der Waals surface area contributed by atoms with Crippen molar-refractivity contribution in [2.75, 3.05) is 25.1 Å². The van der Waals surface area contributed by atoms with Gasteiger partial charge in [-0.05, 0) is 61.6 Å². The lowest BCUT2D eigenvalue weighted by atomic mass is 10.1. The third kappa shape index (κ3) is 5.59. The van der Waals surface area contributed by atoms with Crippen LogP contribution in [0.25, 0.3) is 11.0 Å². The topological polar surface area (TPSA) is 95.2 Å². The van der Waals surface area contributed by atoms with E-state index >= 15 is 0 Å². The number of hydrogen-bond acceptors (Lipinski definition) is 5. The fraction of sp³-hybridized carbons (Fsp3) is 0.417. The minimum atomic E-state index is -3.62. The predicted octanol–water partition coefficient (Wildman–Crippen LogP) is 4.35. The molecule has 1 atom stereocenters. The Balaban J connectivity index is 1.56. The van der Waals surface area contributed by atoms with Crippen molar-refractivity contribution in [1.82, 2.24) is 19.6 Å². The second-order valence-electron chi connectivity index (χ2n) is 8.29. The molecule has 0 bridgehead atoms. The highest BCUT2D eigenvalue weighted by Gasteiger charge is 2.26. The van der Waals surface area contributed by atoms with E-state index in [1.807, 2.05) is 30.5 Å². The largest absolute Gasteiger partial charge is 0.342 e. The summed E-state index contributed by atoms with van der Waals surface area (Å²) < 4.78 is 27.9. The van der Waals surface area contributed by atoms with Gasteiger partial charge in [0.2, 0.25) is 10.0 Å². The van der Waals surface area contributed by atoms with E-state index in [-0.39, 0.29) is 16.8 Å². The lowest BCUT2D eigenvalue weighted by molar-refractivity contribution is 0.0934. The average molecular weight is 487 g/mol. The number of hydrogen-bond donors (Lipinski definition) is 2. The fourth-order valence-corrected chi connectivity index (χ4v) is 6.16. The molecule has 1 aliphatic rings. The Labute approximate surface area is 199 Å². The molecular weight excluding hydrogens is 456 g/mol. The summed E-state index contributed by atoms with van der Waals surface area (Å²) in [5, 5.41) is 3.06. The quantitative estimate of drug-likeness (QED) is 0.494. The molecule has 1 amide bonds. The Morgan fingerprint density at radius 1 is 1.12 bits per heavy atom. The summed E-state index contributed by atoms with van der Waals surface area (Å²) in [7, 11) is -3.62. The minimum absolute atomic E-state index is 0.168. The van der Waals surface area contributed by atoms with Crippen molar-refractivity contribution in [3.8, 4) is 0 Å². The van der Waals surface area contributed by atoms with Crippen molar-refractivity contribution >= 4 is 38.7 Å². The number of fused-ring (bicyclic) bond motifs is 1. The van der Waals surface area contributed by atoms with Crippen LogP contribution in [0.5, 0.6) is 0 Å². The summed E-state index contributed by atoms with van der Waals surface area (Å²) in [5.74, 6) is 1.24. The van der Waals surface area contributed by atoms with Crippen LogP contribution in [0.2, 0.25) is 0 Å². The maximum absolute atomic E-state index is 13.2. The number of carbonyl (C=O) groups is 1. The van der Waals surface area contributed by atoms with Crippen LogP contribution < -0.4 is 5.32 Å². The molecule has 1 saturated heterocycles. The van der Waals surface area contributed by atoms with Gasteiger partial charge in [-0.3, -0.25) is 4.79 Å². The molecule has 2 aromatic carbocycles.